The first-order valence-electron chi connectivity index (χ1n) is 3.88. The molecule has 0 fully saturated rings. The van der Waals surface area contributed by atoms with Crippen molar-refractivity contribution in [2.75, 3.05) is 0 Å². The zero-order valence-corrected chi connectivity index (χ0v) is 8.76. The molecule has 14 heavy (non-hydrogen) atoms. The van der Waals surface area contributed by atoms with Crippen molar-refractivity contribution >= 4 is 15.9 Å². The van der Waals surface area contributed by atoms with E-state index in [1.165, 1.54) is 12.3 Å². The molecule has 0 saturated heterocycles. The Bertz CT molecular complexity index is 360. The van der Waals surface area contributed by atoms with Crippen molar-refractivity contribution < 1.29 is 8.78 Å². The largest absolute Gasteiger partial charge is 0.264 e. The van der Waals surface area contributed by atoms with Crippen LogP contribution in [0.25, 0.3) is 0 Å². The second-order valence-corrected chi connectivity index (χ2v) is 3.16. The summed E-state index contributed by atoms with van der Waals surface area (Å²) in [5.41, 5.74) is 0.738. The van der Waals surface area contributed by atoms with Crippen molar-refractivity contribution in [2.24, 2.45) is 0 Å². The third kappa shape index (κ3) is 2.26. The number of pyridine rings is 1. The molecule has 74 valence electrons. The van der Waals surface area contributed by atoms with Crippen LogP contribution in [-0.2, 0) is 11.8 Å². The van der Waals surface area contributed by atoms with Crippen LogP contribution in [0.5, 0.6) is 0 Å². The van der Waals surface area contributed by atoms with E-state index < -0.39 is 6.43 Å². The topological polar surface area (TPSA) is 36.7 Å². The maximum atomic E-state index is 12.5. The van der Waals surface area contributed by atoms with Crippen molar-refractivity contribution in [1.82, 2.24) is 4.98 Å². The zero-order valence-electron chi connectivity index (χ0n) is 7.17. The molecule has 0 bridgehead atoms. The molecule has 1 aromatic rings. The number of alkyl halides is 3. The standard InChI is InChI=1S/C9H7BrF2N2/c10-5-8-6(1-3-13)7(9(11)12)2-4-14-8/h2,4,9H,1,5H2. The Balaban J connectivity index is 3.22. The van der Waals surface area contributed by atoms with Crippen LogP contribution in [0.1, 0.15) is 23.2 Å². The summed E-state index contributed by atoms with van der Waals surface area (Å²) < 4.78 is 25.0. The fourth-order valence-electron chi connectivity index (χ4n) is 1.16. The number of nitrogens with zero attached hydrogens (tertiary/aromatic N) is 2. The molecule has 0 aliphatic heterocycles. The molecule has 0 aliphatic rings. The average Bonchev–Trinajstić information content (AvgIpc) is 2.18. The Morgan fingerprint density at radius 2 is 2.29 bits per heavy atom. The molecule has 0 aliphatic carbocycles. The summed E-state index contributed by atoms with van der Waals surface area (Å²) in [4.78, 5) is 3.93. The highest BCUT2D eigenvalue weighted by Crippen LogP contribution is 2.25. The van der Waals surface area contributed by atoms with E-state index in [2.05, 4.69) is 20.9 Å². The lowest BCUT2D eigenvalue weighted by molar-refractivity contribution is 0.150. The molecule has 0 N–H and O–H groups in total. The van der Waals surface area contributed by atoms with E-state index in [4.69, 9.17) is 5.26 Å². The van der Waals surface area contributed by atoms with Gasteiger partial charge in [-0.1, -0.05) is 15.9 Å². The molecule has 0 unspecified atom stereocenters. The highest BCUT2D eigenvalue weighted by atomic mass is 79.9. The summed E-state index contributed by atoms with van der Waals surface area (Å²) in [6.07, 6.45) is -1.26. The third-order valence-corrected chi connectivity index (χ3v) is 2.33. The minimum atomic E-state index is -2.56. The molecule has 0 saturated carbocycles. The summed E-state index contributed by atoms with van der Waals surface area (Å²) in [7, 11) is 0. The maximum absolute atomic E-state index is 12.5. The first kappa shape index (κ1) is 11.1. The van der Waals surface area contributed by atoms with Gasteiger partial charge in [0.1, 0.15) is 0 Å². The van der Waals surface area contributed by atoms with Crippen molar-refractivity contribution in [2.45, 2.75) is 18.2 Å². The molecular formula is C9H7BrF2N2. The summed E-state index contributed by atoms with van der Waals surface area (Å²) >= 11 is 3.14. The average molecular weight is 261 g/mol. The Labute approximate surface area is 88.7 Å². The smallest absolute Gasteiger partial charge is 0.260 e. The van der Waals surface area contributed by atoms with Crippen LogP contribution >= 0.6 is 15.9 Å². The Morgan fingerprint density at radius 1 is 1.57 bits per heavy atom. The number of halogens is 3. The Kier molecular flexibility index (Phi) is 3.96. The van der Waals surface area contributed by atoms with E-state index in [1.807, 2.05) is 6.07 Å². The molecule has 0 spiro atoms. The van der Waals surface area contributed by atoms with Gasteiger partial charge >= 0.3 is 0 Å². The van der Waals surface area contributed by atoms with Gasteiger partial charge in [0.25, 0.3) is 6.43 Å². The van der Waals surface area contributed by atoms with Crippen molar-refractivity contribution in [3.05, 3.63) is 29.1 Å². The zero-order chi connectivity index (χ0) is 10.6. The van der Waals surface area contributed by atoms with Crippen LogP contribution in [0.2, 0.25) is 0 Å². The van der Waals surface area contributed by atoms with Gasteiger partial charge in [-0.2, -0.15) is 5.26 Å². The van der Waals surface area contributed by atoms with Gasteiger partial charge in [0.05, 0.1) is 18.2 Å². The van der Waals surface area contributed by atoms with Gasteiger partial charge in [0.15, 0.2) is 0 Å². The molecule has 1 heterocycles. The molecule has 0 radical (unpaired) electrons. The molecule has 0 amide bonds. The lowest BCUT2D eigenvalue weighted by Crippen LogP contribution is -2.01. The minimum Gasteiger partial charge on any atom is -0.260 e. The quantitative estimate of drug-likeness (QED) is 0.784. The normalized spacial score (nSPS) is 10.2. The van der Waals surface area contributed by atoms with E-state index in [0.717, 1.165) is 0 Å². The maximum Gasteiger partial charge on any atom is 0.264 e. The summed E-state index contributed by atoms with van der Waals surface area (Å²) in [6, 6.07) is 3.11. The highest BCUT2D eigenvalue weighted by molar-refractivity contribution is 9.08. The van der Waals surface area contributed by atoms with Crippen LogP contribution in [0.15, 0.2) is 12.3 Å². The third-order valence-electron chi connectivity index (χ3n) is 1.80. The Hall–Kier alpha value is -1.02. The molecular weight excluding hydrogens is 254 g/mol. The van der Waals surface area contributed by atoms with Gasteiger partial charge < -0.3 is 0 Å². The monoisotopic (exact) mass is 260 g/mol. The summed E-state index contributed by atoms with van der Waals surface area (Å²) in [6.45, 7) is 0. The van der Waals surface area contributed by atoms with Gasteiger partial charge in [-0.3, -0.25) is 4.98 Å². The second kappa shape index (κ2) is 5.01. The number of aromatic nitrogens is 1. The summed E-state index contributed by atoms with van der Waals surface area (Å²) in [5, 5.41) is 8.89. The SMILES string of the molecule is N#CCc1c(C(F)F)ccnc1CBr. The van der Waals surface area contributed by atoms with Gasteiger partial charge in [0.2, 0.25) is 0 Å². The second-order valence-electron chi connectivity index (χ2n) is 2.59. The lowest BCUT2D eigenvalue weighted by Gasteiger charge is -2.08. The van der Waals surface area contributed by atoms with E-state index in [9.17, 15) is 8.78 Å². The molecule has 0 aromatic carbocycles. The molecule has 5 heteroatoms. The predicted molar refractivity (Wildman–Crippen MR) is 51.1 cm³/mol. The van der Waals surface area contributed by atoms with Crippen LogP contribution < -0.4 is 0 Å². The number of rotatable bonds is 3. The van der Waals surface area contributed by atoms with Crippen molar-refractivity contribution in [3.8, 4) is 6.07 Å². The van der Waals surface area contributed by atoms with Gasteiger partial charge in [0, 0.05) is 17.1 Å². The van der Waals surface area contributed by atoms with E-state index in [0.29, 0.717) is 16.6 Å². The predicted octanol–water partition coefficient (Wildman–Crippen LogP) is 2.98. The fourth-order valence-corrected chi connectivity index (χ4v) is 1.64. The number of nitriles is 1. The van der Waals surface area contributed by atoms with Crippen LogP contribution in [-0.4, -0.2) is 4.98 Å². The van der Waals surface area contributed by atoms with E-state index >= 15 is 0 Å². The first-order chi connectivity index (χ1) is 6.70. The molecule has 2 nitrogen and oxygen atoms in total. The Morgan fingerprint density at radius 3 is 2.79 bits per heavy atom. The molecule has 1 rings (SSSR count). The van der Waals surface area contributed by atoms with Gasteiger partial charge in [-0.05, 0) is 11.6 Å². The summed E-state index contributed by atoms with van der Waals surface area (Å²) in [5.74, 6) is 0. The van der Waals surface area contributed by atoms with Crippen LogP contribution in [0, 0.1) is 11.3 Å². The van der Waals surface area contributed by atoms with Gasteiger partial charge in [-0.15, -0.1) is 0 Å². The minimum absolute atomic E-state index is 0.0333. The van der Waals surface area contributed by atoms with Crippen LogP contribution in [0.4, 0.5) is 8.78 Å². The van der Waals surface area contributed by atoms with E-state index in [-0.39, 0.29) is 12.0 Å². The fraction of sp³-hybridized carbons (Fsp3) is 0.333. The highest BCUT2D eigenvalue weighted by Gasteiger charge is 2.15. The van der Waals surface area contributed by atoms with Crippen LogP contribution in [0.3, 0.4) is 0 Å². The number of hydrogen-bond acceptors (Lipinski definition) is 2. The molecule has 1 aromatic heterocycles. The van der Waals surface area contributed by atoms with Crippen molar-refractivity contribution in [1.29, 1.82) is 5.26 Å². The molecule has 0 atom stereocenters. The first-order valence-corrected chi connectivity index (χ1v) is 5.00. The number of hydrogen-bond donors (Lipinski definition) is 0. The van der Waals surface area contributed by atoms with Gasteiger partial charge in [-0.25, -0.2) is 8.78 Å². The lowest BCUT2D eigenvalue weighted by atomic mass is 10.1. The van der Waals surface area contributed by atoms with Crippen molar-refractivity contribution in [3.63, 3.8) is 0 Å². The van der Waals surface area contributed by atoms with E-state index in [1.54, 1.807) is 0 Å².